The number of rotatable bonds is 46. The van der Waals surface area contributed by atoms with Crippen LogP contribution in [0.4, 0.5) is 0 Å². The molecule has 0 bridgehead atoms. The van der Waals surface area contributed by atoms with Crippen LogP contribution in [0.3, 0.4) is 0 Å². The summed E-state index contributed by atoms with van der Waals surface area (Å²) in [5, 5.41) is 18.4. The van der Waals surface area contributed by atoms with Crippen molar-refractivity contribution in [3.63, 3.8) is 0 Å². The highest BCUT2D eigenvalue weighted by Gasteiger charge is 2.26. The normalized spacial score (nSPS) is 13.9. The fraction of sp³-hybridized carbons (Fsp3) is 0.978. The van der Waals surface area contributed by atoms with Crippen molar-refractivity contribution in [3.05, 3.63) is 0 Å². The summed E-state index contributed by atoms with van der Waals surface area (Å²) in [6, 6.07) is 0. The third kappa shape index (κ3) is 42.9. The van der Waals surface area contributed by atoms with Gasteiger partial charge in [0, 0.05) is 13.0 Å². The van der Waals surface area contributed by atoms with E-state index >= 15 is 0 Å². The van der Waals surface area contributed by atoms with Crippen molar-refractivity contribution in [2.24, 2.45) is 0 Å². The van der Waals surface area contributed by atoms with E-state index in [-0.39, 0.29) is 25.6 Å². The maximum Gasteiger partial charge on any atom is 0.472 e. The molecule has 0 rings (SSSR count). The number of ether oxygens (including phenoxy) is 2. The molecule has 0 aliphatic heterocycles. The molecule has 9 nitrogen and oxygen atoms in total. The molecule has 3 N–H and O–H groups in total. The fourth-order valence-electron chi connectivity index (χ4n) is 6.95. The van der Waals surface area contributed by atoms with Crippen LogP contribution in [0.2, 0.25) is 0 Å². The van der Waals surface area contributed by atoms with Crippen LogP contribution >= 0.6 is 7.82 Å². The van der Waals surface area contributed by atoms with E-state index < -0.39 is 33.2 Å². The van der Waals surface area contributed by atoms with Crippen LogP contribution in [0.1, 0.15) is 239 Å². The van der Waals surface area contributed by atoms with Gasteiger partial charge in [0.05, 0.1) is 26.4 Å². The van der Waals surface area contributed by atoms with E-state index in [4.69, 9.17) is 23.6 Å². The second-order valence-electron chi connectivity index (χ2n) is 16.1. The van der Waals surface area contributed by atoms with Crippen molar-refractivity contribution >= 4 is 13.8 Å². The lowest BCUT2D eigenvalue weighted by molar-refractivity contribution is -0.154. The predicted molar refractivity (Wildman–Crippen MR) is 228 cm³/mol. The SMILES string of the molecule is CCCCCCCCCCCCCCCCCCCCCCOC[C@H](COP(=O)(O)OC[C@@H](O)CO)OC(=O)CCCCCCCCCCCCCCCC. The van der Waals surface area contributed by atoms with Crippen LogP contribution in [0.5, 0.6) is 0 Å². The third-order valence-electron chi connectivity index (χ3n) is 10.5. The number of carbonyl (C=O) groups is 1. The average Bonchev–Trinajstić information content (AvgIpc) is 3.18. The Morgan fingerprint density at radius 2 is 0.818 bits per heavy atom. The molecule has 0 aromatic carbocycles. The molecule has 0 fully saturated rings. The molecule has 330 valence electrons. The number of esters is 1. The molecule has 10 heteroatoms. The predicted octanol–water partition coefficient (Wildman–Crippen LogP) is 13.1. The van der Waals surface area contributed by atoms with Gasteiger partial charge < -0.3 is 24.6 Å². The lowest BCUT2D eigenvalue weighted by atomic mass is 10.0. The van der Waals surface area contributed by atoms with Crippen LogP contribution in [0, 0.1) is 0 Å². The molecule has 0 heterocycles. The second-order valence-corrected chi connectivity index (χ2v) is 17.6. The maximum absolute atomic E-state index is 12.6. The van der Waals surface area contributed by atoms with Gasteiger partial charge in [-0.25, -0.2) is 4.57 Å². The second kappa shape index (κ2) is 43.0. The minimum atomic E-state index is -4.51. The van der Waals surface area contributed by atoms with Crippen LogP contribution in [0.15, 0.2) is 0 Å². The van der Waals surface area contributed by atoms with Crippen molar-refractivity contribution in [2.45, 2.75) is 251 Å². The van der Waals surface area contributed by atoms with Crippen molar-refractivity contribution < 1.29 is 43.0 Å². The zero-order chi connectivity index (χ0) is 40.3. The molecule has 0 aromatic rings. The summed E-state index contributed by atoms with van der Waals surface area (Å²) in [7, 11) is -4.51. The molecule has 0 amide bonds. The number of phosphoric ester groups is 1. The Balaban J connectivity index is 4.04. The van der Waals surface area contributed by atoms with Gasteiger partial charge in [0.15, 0.2) is 0 Å². The zero-order valence-corrected chi connectivity index (χ0v) is 37.1. The molecule has 0 saturated heterocycles. The Labute approximate surface area is 339 Å². The van der Waals surface area contributed by atoms with Crippen LogP contribution in [-0.4, -0.2) is 66.3 Å². The van der Waals surface area contributed by atoms with Gasteiger partial charge in [-0.1, -0.05) is 219 Å². The van der Waals surface area contributed by atoms with Crippen molar-refractivity contribution in [1.29, 1.82) is 0 Å². The molecule has 0 spiro atoms. The number of phosphoric acid groups is 1. The van der Waals surface area contributed by atoms with Crippen molar-refractivity contribution in [3.8, 4) is 0 Å². The van der Waals surface area contributed by atoms with Crippen LogP contribution in [0.25, 0.3) is 0 Å². The lowest BCUT2D eigenvalue weighted by Gasteiger charge is -2.20. The summed E-state index contributed by atoms with van der Waals surface area (Å²) >= 11 is 0. The maximum atomic E-state index is 12.6. The van der Waals surface area contributed by atoms with E-state index in [1.807, 2.05) is 0 Å². The fourth-order valence-corrected chi connectivity index (χ4v) is 7.74. The first kappa shape index (κ1) is 54.5. The summed E-state index contributed by atoms with van der Waals surface area (Å²) in [5.74, 6) is -0.376. The molecule has 1 unspecified atom stereocenters. The number of hydrogen-bond acceptors (Lipinski definition) is 8. The highest BCUT2D eigenvalue weighted by Crippen LogP contribution is 2.43. The summed E-state index contributed by atoms with van der Waals surface area (Å²) in [4.78, 5) is 22.6. The third-order valence-corrected chi connectivity index (χ3v) is 11.5. The smallest absolute Gasteiger partial charge is 0.457 e. The van der Waals surface area contributed by atoms with Gasteiger partial charge in [0.1, 0.15) is 12.2 Å². The van der Waals surface area contributed by atoms with Gasteiger partial charge in [-0.05, 0) is 12.8 Å². The molecule has 0 aromatic heterocycles. The number of unbranched alkanes of at least 4 members (excludes halogenated alkanes) is 32. The average molecular weight is 807 g/mol. The zero-order valence-electron chi connectivity index (χ0n) is 36.2. The first-order valence-electron chi connectivity index (χ1n) is 23.5. The van der Waals surface area contributed by atoms with Gasteiger partial charge in [-0.15, -0.1) is 0 Å². The molecule has 0 aliphatic carbocycles. The molecule has 0 radical (unpaired) electrons. The molecule has 3 atom stereocenters. The number of hydrogen-bond donors (Lipinski definition) is 3. The quantitative estimate of drug-likeness (QED) is 0.0312. The topological polar surface area (TPSA) is 132 Å². The summed E-state index contributed by atoms with van der Waals surface area (Å²) in [5.41, 5.74) is 0. The van der Waals surface area contributed by atoms with Gasteiger partial charge >= 0.3 is 13.8 Å². The Bertz CT molecular complexity index is 830. The number of aliphatic hydroxyl groups is 2. The van der Waals surface area contributed by atoms with Crippen LogP contribution < -0.4 is 0 Å². The van der Waals surface area contributed by atoms with Gasteiger partial charge in [0.2, 0.25) is 0 Å². The number of aliphatic hydroxyl groups excluding tert-OH is 2. The Morgan fingerprint density at radius 3 is 1.18 bits per heavy atom. The Kier molecular flexibility index (Phi) is 42.6. The molecule has 0 aliphatic rings. The first-order valence-corrected chi connectivity index (χ1v) is 25.0. The standard InChI is InChI=1S/C45H91O9P/c1-3-5-7-9-11-13-15-17-19-20-21-22-23-24-26-28-30-32-34-36-38-51-41-44(42-53-55(49,50)52-40-43(47)39-46)54-45(48)37-35-33-31-29-27-25-18-16-14-12-10-8-6-4-2/h43-44,46-47H,3-42H2,1-2H3,(H,49,50)/t43-,44+/m0/s1. The highest BCUT2D eigenvalue weighted by atomic mass is 31.2. The van der Waals surface area contributed by atoms with Crippen molar-refractivity contribution in [1.82, 2.24) is 0 Å². The highest BCUT2D eigenvalue weighted by molar-refractivity contribution is 7.47. The summed E-state index contributed by atoms with van der Waals surface area (Å²) in [6.45, 7) is 3.59. The first-order chi connectivity index (χ1) is 26.8. The van der Waals surface area contributed by atoms with Gasteiger partial charge in [-0.3, -0.25) is 13.8 Å². The summed E-state index contributed by atoms with van der Waals surface area (Å²) < 4.78 is 33.4. The van der Waals surface area contributed by atoms with E-state index in [0.717, 1.165) is 32.1 Å². The van der Waals surface area contributed by atoms with E-state index in [1.165, 1.54) is 186 Å². The largest absolute Gasteiger partial charge is 0.472 e. The molecular formula is C45H91O9P. The molecule has 0 saturated carbocycles. The van der Waals surface area contributed by atoms with E-state index in [1.54, 1.807) is 0 Å². The summed E-state index contributed by atoms with van der Waals surface area (Å²) in [6.07, 6.45) is 42.1. The minimum Gasteiger partial charge on any atom is -0.457 e. The van der Waals surface area contributed by atoms with E-state index in [2.05, 4.69) is 13.8 Å². The monoisotopic (exact) mass is 807 g/mol. The van der Waals surface area contributed by atoms with Crippen molar-refractivity contribution in [2.75, 3.05) is 33.0 Å². The van der Waals surface area contributed by atoms with Crippen LogP contribution in [-0.2, 0) is 27.9 Å². The Morgan fingerprint density at radius 1 is 0.491 bits per heavy atom. The number of carbonyl (C=O) groups excluding carboxylic acids is 1. The van der Waals surface area contributed by atoms with Gasteiger partial charge in [0.25, 0.3) is 0 Å². The molecule has 55 heavy (non-hydrogen) atoms. The van der Waals surface area contributed by atoms with E-state index in [0.29, 0.717) is 6.61 Å². The van der Waals surface area contributed by atoms with Gasteiger partial charge in [-0.2, -0.15) is 0 Å². The van der Waals surface area contributed by atoms with E-state index in [9.17, 15) is 19.4 Å². The Hall–Kier alpha value is -0.540. The lowest BCUT2D eigenvalue weighted by Crippen LogP contribution is -2.29. The minimum absolute atomic E-state index is 0.0584. The molecular weight excluding hydrogens is 715 g/mol.